The number of thioether (sulfide) groups is 1. The fourth-order valence-electron chi connectivity index (χ4n) is 3.03. The Kier molecular flexibility index (Phi) is 4.83. The maximum atomic E-state index is 14.5. The number of halogens is 2. The first-order valence-electron chi connectivity index (χ1n) is 7.52. The van der Waals surface area contributed by atoms with E-state index in [0.29, 0.717) is 0 Å². The lowest BCUT2D eigenvalue weighted by Gasteiger charge is -2.30. The number of nitrogens with two attached hydrogens (primary N) is 1. The fraction of sp³-hybridized carbons (Fsp3) is 0.176. The smallest absolute Gasteiger partial charge is 0.305 e. The van der Waals surface area contributed by atoms with E-state index in [2.05, 4.69) is 0 Å². The lowest BCUT2D eigenvalue weighted by molar-refractivity contribution is -0.139. The van der Waals surface area contributed by atoms with Crippen LogP contribution in [0.1, 0.15) is 17.9 Å². The molecule has 0 bridgehead atoms. The molecule has 2 aliphatic heterocycles. The molecule has 1 saturated heterocycles. The number of nitrogens with zero attached hydrogens (tertiary/aromatic N) is 3. The molecule has 0 spiro atoms. The molecule has 1 aromatic carbocycles. The van der Waals surface area contributed by atoms with E-state index in [1.54, 1.807) is 0 Å². The van der Waals surface area contributed by atoms with Crippen LogP contribution in [0.15, 0.2) is 40.2 Å². The van der Waals surface area contributed by atoms with Crippen molar-refractivity contribution < 1.29 is 19.1 Å². The summed E-state index contributed by atoms with van der Waals surface area (Å²) < 4.78 is 14.5. The maximum absolute atomic E-state index is 14.5. The van der Waals surface area contributed by atoms with Gasteiger partial charge >= 0.3 is 5.97 Å². The molecule has 3 N–H and O–H groups in total. The van der Waals surface area contributed by atoms with Gasteiger partial charge in [0, 0.05) is 10.6 Å². The first-order valence-corrected chi connectivity index (χ1v) is 8.77. The monoisotopic (exact) mass is 404 g/mol. The molecule has 0 aliphatic carbocycles. The van der Waals surface area contributed by atoms with E-state index in [1.165, 1.54) is 12.1 Å². The Labute approximate surface area is 162 Å². The van der Waals surface area contributed by atoms with Crippen LogP contribution < -0.4 is 5.73 Å². The lowest BCUT2D eigenvalue weighted by Crippen LogP contribution is -2.37. The second-order valence-corrected chi connectivity index (χ2v) is 7.29. The van der Waals surface area contributed by atoms with Crippen molar-refractivity contribution in [3.63, 3.8) is 0 Å². The molecule has 0 aromatic heterocycles. The molecule has 2 unspecified atom stereocenters. The minimum atomic E-state index is -1.20. The molecular weight excluding hydrogens is 395 g/mol. The van der Waals surface area contributed by atoms with Gasteiger partial charge in [-0.1, -0.05) is 29.4 Å². The topological polar surface area (TPSA) is 131 Å². The quantitative estimate of drug-likeness (QED) is 0.790. The SMILES string of the molecule is N#CC1=C(N)N2C(=O)C(CC(=O)O)SC2=C(C#N)C1c1c(F)cccc1Cl. The molecule has 2 heterocycles. The van der Waals surface area contributed by atoms with Crippen molar-refractivity contribution in [1.82, 2.24) is 4.90 Å². The Hall–Kier alpha value is -3.01. The Morgan fingerprint density at radius 3 is 2.59 bits per heavy atom. The molecule has 2 atom stereocenters. The van der Waals surface area contributed by atoms with E-state index in [1.807, 2.05) is 12.1 Å². The predicted octanol–water partition coefficient (Wildman–Crippen LogP) is 2.42. The van der Waals surface area contributed by atoms with Crippen molar-refractivity contribution in [3.8, 4) is 12.1 Å². The molecule has 2 aliphatic rings. The molecule has 136 valence electrons. The average Bonchev–Trinajstić information content (AvgIpc) is 2.91. The number of aliphatic carboxylic acids is 1. The molecule has 27 heavy (non-hydrogen) atoms. The second-order valence-electron chi connectivity index (χ2n) is 5.69. The van der Waals surface area contributed by atoms with E-state index in [-0.39, 0.29) is 32.6 Å². The summed E-state index contributed by atoms with van der Waals surface area (Å²) in [4.78, 5) is 24.5. The normalized spacial score (nSPS) is 21.8. The van der Waals surface area contributed by atoms with Crippen LogP contribution in [0.25, 0.3) is 0 Å². The van der Waals surface area contributed by atoms with Gasteiger partial charge in [0.2, 0.25) is 5.91 Å². The van der Waals surface area contributed by atoms with Crippen LogP contribution in [0.3, 0.4) is 0 Å². The van der Waals surface area contributed by atoms with Crippen LogP contribution in [-0.2, 0) is 9.59 Å². The van der Waals surface area contributed by atoms with Crippen molar-refractivity contribution in [2.45, 2.75) is 17.6 Å². The fourth-order valence-corrected chi connectivity index (χ4v) is 4.59. The Morgan fingerprint density at radius 1 is 1.37 bits per heavy atom. The van der Waals surface area contributed by atoms with Gasteiger partial charge in [0.25, 0.3) is 0 Å². The summed E-state index contributed by atoms with van der Waals surface area (Å²) in [5, 5.41) is 27.3. The summed E-state index contributed by atoms with van der Waals surface area (Å²) in [6, 6.07) is 7.68. The van der Waals surface area contributed by atoms with Crippen molar-refractivity contribution in [2.75, 3.05) is 0 Å². The number of amides is 1. The molecule has 7 nitrogen and oxygen atoms in total. The van der Waals surface area contributed by atoms with Gasteiger partial charge in [0.1, 0.15) is 16.9 Å². The highest BCUT2D eigenvalue weighted by molar-refractivity contribution is 8.04. The first kappa shape index (κ1) is 18.8. The number of nitriles is 2. The van der Waals surface area contributed by atoms with Crippen molar-refractivity contribution in [3.05, 3.63) is 56.6 Å². The molecular formula is C17H10ClFN4O3S. The summed E-state index contributed by atoms with van der Waals surface area (Å²) in [5.41, 5.74) is 5.61. The van der Waals surface area contributed by atoms with E-state index in [4.69, 9.17) is 22.4 Å². The third-order valence-electron chi connectivity index (χ3n) is 4.17. The number of carbonyl (C=O) groups is 2. The Bertz CT molecular complexity index is 1000. The van der Waals surface area contributed by atoms with E-state index in [0.717, 1.165) is 22.7 Å². The number of carboxylic acids is 1. The Balaban J connectivity index is 2.25. The number of benzene rings is 1. The number of carbonyl (C=O) groups excluding carboxylic acids is 1. The molecule has 0 saturated carbocycles. The molecule has 0 radical (unpaired) electrons. The average molecular weight is 405 g/mol. The minimum absolute atomic E-state index is 0.00115. The van der Waals surface area contributed by atoms with Gasteiger partial charge in [-0.05, 0) is 12.1 Å². The van der Waals surface area contributed by atoms with Gasteiger partial charge in [-0.25, -0.2) is 4.39 Å². The van der Waals surface area contributed by atoms with Crippen molar-refractivity contribution in [2.24, 2.45) is 5.73 Å². The predicted molar refractivity (Wildman–Crippen MR) is 94.1 cm³/mol. The van der Waals surface area contributed by atoms with Gasteiger partial charge < -0.3 is 10.8 Å². The van der Waals surface area contributed by atoms with Crippen LogP contribution in [-0.4, -0.2) is 27.1 Å². The van der Waals surface area contributed by atoms with E-state index >= 15 is 0 Å². The van der Waals surface area contributed by atoms with Gasteiger partial charge in [-0.3, -0.25) is 14.5 Å². The summed E-state index contributed by atoms with van der Waals surface area (Å²) in [5.74, 6) is -4.03. The largest absolute Gasteiger partial charge is 0.481 e. The minimum Gasteiger partial charge on any atom is -0.481 e. The molecule has 10 heteroatoms. The summed E-state index contributed by atoms with van der Waals surface area (Å²) in [6.45, 7) is 0. The number of fused-ring (bicyclic) bond motifs is 1. The first-order chi connectivity index (χ1) is 12.8. The molecule has 1 fully saturated rings. The lowest BCUT2D eigenvalue weighted by atomic mass is 9.83. The second kappa shape index (κ2) is 6.95. The van der Waals surface area contributed by atoms with Gasteiger partial charge in [-0.15, -0.1) is 0 Å². The zero-order valence-corrected chi connectivity index (χ0v) is 15.0. The van der Waals surface area contributed by atoms with Crippen LogP contribution in [0, 0.1) is 28.5 Å². The summed E-state index contributed by atoms with van der Waals surface area (Å²) >= 11 is 6.97. The maximum Gasteiger partial charge on any atom is 0.305 e. The van der Waals surface area contributed by atoms with Gasteiger partial charge in [-0.2, -0.15) is 10.5 Å². The van der Waals surface area contributed by atoms with E-state index in [9.17, 15) is 24.5 Å². The highest BCUT2D eigenvalue weighted by Gasteiger charge is 2.47. The van der Waals surface area contributed by atoms with Crippen molar-refractivity contribution in [1.29, 1.82) is 10.5 Å². The van der Waals surface area contributed by atoms with Gasteiger partial charge in [0.15, 0.2) is 0 Å². The standard InChI is InChI=1S/C17H10ClFN4O3S/c18-9-2-1-3-10(19)14(9)13-7(5-20)15(22)23-16(26)11(4-12(24)25)27-17(23)8(13)6-21/h1-3,11,13H,4,22H2,(H,24,25). The summed E-state index contributed by atoms with van der Waals surface area (Å²) in [6.07, 6.45) is -0.484. The van der Waals surface area contributed by atoms with Crippen LogP contribution in [0.4, 0.5) is 4.39 Å². The molecule has 1 amide bonds. The number of rotatable bonds is 3. The third kappa shape index (κ3) is 2.91. The van der Waals surface area contributed by atoms with Crippen LogP contribution in [0.5, 0.6) is 0 Å². The number of allylic oxidation sites excluding steroid dienone is 2. The molecule has 3 rings (SSSR count). The van der Waals surface area contributed by atoms with Crippen LogP contribution in [0.2, 0.25) is 5.02 Å². The number of hydrogen-bond donors (Lipinski definition) is 2. The zero-order chi connectivity index (χ0) is 19.9. The van der Waals surface area contributed by atoms with Gasteiger partial charge in [0.05, 0.1) is 40.7 Å². The Morgan fingerprint density at radius 2 is 2.04 bits per heavy atom. The van der Waals surface area contributed by atoms with E-state index < -0.39 is 35.3 Å². The highest BCUT2D eigenvalue weighted by atomic mass is 35.5. The summed E-state index contributed by atoms with van der Waals surface area (Å²) in [7, 11) is 0. The highest BCUT2D eigenvalue weighted by Crippen LogP contribution is 2.50. The third-order valence-corrected chi connectivity index (χ3v) is 5.77. The molecule has 1 aromatic rings. The number of carboxylic acid groups (broad SMARTS) is 1. The zero-order valence-electron chi connectivity index (χ0n) is 13.4. The van der Waals surface area contributed by atoms with Crippen LogP contribution >= 0.6 is 23.4 Å². The van der Waals surface area contributed by atoms with Crippen molar-refractivity contribution >= 4 is 35.2 Å². The number of hydrogen-bond acceptors (Lipinski definition) is 6.